The summed E-state index contributed by atoms with van der Waals surface area (Å²) in [6, 6.07) is 5.62. The Labute approximate surface area is 148 Å². The maximum atomic E-state index is 12.3. The molecular weight excluding hydrogens is 344 g/mol. The van der Waals surface area contributed by atoms with E-state index in [0.29, 0.717) is 0 Å². The Kier molecular flexibility index (Phi) is 5.63. The lowest BCUT2D eigenvalue weighted by Gasteiger charge is -2.17. The predicted octanol–water partition coefficient (Wildman–Crippen LogP) is 2.03. The average Bonchev–Trinajstić information content (AvgIpc) is 2.65. The summed E-state index contributed by atoms with van der Waals surface area (Å²) < 4.78 is 9.50. The molecule has 0 bridgehead atoms. The number of esters is 2. The Bertz CT molecular complexity index is 893. The van der Waals surface area contributed by atoms with Gasteiger partial charge in [-0.2, -0.15) is 0 Å². The minimum atomic E-state index is -0.889. The number of ether oxygens (including phenoxy) is 2. The number of benzene rings is 1. The Morgan fingerprint density at radius 3 is 2.27 bits per heavy atom. The Morgan fingerprint density at radius 1 is 1.15 bits per heavy atom. The van der Waals surface area contributed by atoms with Crippen LogP contribution in [0.1, 0.15) is 32.1 Å². The van der Waals surface area contributed by atoms with E-state index in [0.717, 1.165) is 14.2 Å². The van der Waals surface area contributed by atoms with Crippen LogP contribution in [0.2, 0.25) is 0 Å². The fourth-order valence-electron chi connectivity index (χ4n) is 2.67. The third-order valence-corrected chi connectivity index (χ3v) is 3.75. The third kappa shape index (κ3) is 3.24. The number of methoxy groups -OCH3 is 2. The van der Waals surface area contributed by atoms with Gasteiger partial charge < -0.3 is 14.6 Å². The van der Waals surface area contributed by atoms with Crippen molar-refractivity contribution >= 4 is 17.6 Å². The maximum Gasteiger partial charge on any atom is 0.340 e. The van der Waals surface area contributed by atoms with Gasteiger partial charge >= 0.3 is 11.9 Å². The number of para-hydroxylation sites is 1. The van der Waals surface area contributed by atoms with Gasteiger partial charge in [0.15, 0.2) is 0 Å². The van der Waals surface area contributed by atoms with Gasteiger partial charge in [-0.1, -0.05) is 12.1 Å². The van der Waals surface area contributed by atoms with Gasteiger partial charge in [0.1, 0.15) is 0 Å². The quantitative estimate of drug-likeness (QED) is 0.487. The van der Waals surface area contributed by atoms with Crippen LogP contribution in [-0.2, 0) is 16.1 Å². The lowest BCUT2D eigenvalue weighted by atomic mass is 9.91. The van der Waals surface area contributed by atoms with Crippen LogP contribution in [-0.4, -0.2) is 41.2 Å². The van der Waals surface area contributed by atoms with Gasteiger partial charge in [0.2, 0.25) is 0 Å². The van der Waals surface area contributed by atoms with E-state index in [1.807, 2.05) is 0 Å². The smallest absolute Gasteiger partial charge is 0.340 e. The van der Waals surface area contributed by atoms with Crippen LogP contribution in [0.3, 0.4) is 0 Å². The predicted molar refractivity (Wildman–Crippen MR) is 89.7 cm³/mol. The Hall–Kier alpha value is -3.33. The number of nitro groups is 1. The van der Waals surface area contributed by atoms with E-state index in [2.05, 4.69) is 4.98 Å². The van der Waals surface area contributed by atoms with Crippen LogP contribution in [0.15, 0.2) is 24.3 Å². The van der Waals surface area contributed by atoms with Crippen molar-refractivity contribution in [3.05, 3.63) is 56.9 Å². The van der Waals surface area contributed by atoms with E-state index in [9.17, 15) is 24.8 Å². The molecule has 0 amide bonds. The lowest BCUT2D eigenvalue weighted by Crippen LogP contribution is -2.17. The van der Waals surface area contributed by atoms with Crippen molar-refractivity contribution in [2.75, 3.05) is 14.2 Å². The molecule has 1 heterocycles. The van der Waals surface area contributed by atoms with Crippen LogP contribution in [0.4, 0.5) is 5.69 Å². The zero-order valence-electron chi connectivity index (χ0n) is 14.3. The van der Waals surface area contributed by atoms with Crippen molar-refractivity contribution in [2.45, 2.75) is 13.5 Å². The number of aliphatic hydroxyl groups is 1. The zero-order valence-corrected chi connectivity index (χ0v) is 14.3. The minimum Gasteiger partial charge on any atom is -0.465 e. The number of hydrogen-bond donors (Lipinski definition) is 1. The summed E-state index contributed by atoms with van der Waals surface area (Å²) in [6.45, 7) is 0.852. The number of aryl methyl sites for hydroxylation is 1. The van der Waals surface area contributed by atoms with Gasteiger partial charge in [-0.3, -0.25) is 15.1 Å². The molecule has 9 nitrogen and oxygen atoms in total. The molecule has 1 aromatic carbocycles. The van der Waals surface area contributed by atoms with E-state index in [1.54, 1.807) is 0 Å². The first kappa shape index (κ1) is 19.0. The van der Waals surface area contributed by atoms with Crippen LogP contribution in [0, 0.1) is 17.0 Å². The van der Waals surface area contributed by atoms with E-state index >= 15 is 0 Å². The number of hydrogen-bond acceptors (Lipinski definition) is 8. The molecule has 0 aliphatic carbocycles. The topological polar surface area (TPSA) is 129 Å². The second-order valence-electron chi connectivity index (χ2n) is 5.18. The molecule has 2 aromatic rings. The number of rotatable bonds is 5. The molecule has 1 N–H and O–H groups in total. The van der Waals surface area contributed by atoms with E-state index in [-0.39, 0.29) is 39.3 Å². The summed E-state index contributed by atoms with van der Waals surface area (Å²) in [5, 5.41) is 21.0. The molecule has 136 valence electrons. The molecule has 26 heavy (non-hydrogen) atoms. The van der Waals surface area contributed by atoms with Crippen molar-refractivity contribution in [1.82, 2.24) is 4.98 Å². The van der Waals surface area contributed by atoms with Crippen LogP contribution in [0.5, 0.6) is 0 Å². The first-order valence-electron chi connectivity index (χ1n) is 7.42. The first-order valence-corrected chi connectivity index (χ1v) is 7.42. The van der Waals surface area contributed by atoms with Crippen LogP contribution in [0.25, 0.3) is 11.1 Å². The molecule has 9 heteroatoms. The Morgan fingerprint density at radius 2 is 1.73 bits per heavy atom. The maximum absolute atomic E-state index is 12.3. The Balaban J connectivity index is 3.06. The number of aromatic nitrogens is 1. The average molecular weight is 360 g/mol. The van der Waals surface area contributed by atoms with Crippen molar-refractivity contribution in [1.29, 1.82) is 0 Å². The standard InChI is InChI=1S/C17H16N2O7/c1-9-13(16(21)25-2)14(10-6-4-5-7-12(10)19(23)24)15(17(22)26-3)11(8-20)18-9/h4-7,20H,8H2,1-3H3. The third-order valence-electron chi connectivity index (χ3n) is 3.75. The molecule has 0 radical (unpaired) electrons. The molecule has 0 atom stereocenters. The molecule has 2 rings (SSSR count). The van der Waals surface area contributed by atoms with Gasteiger partial charge in [-0.05, 0) is 13.0 Å². The summed E-state index contributed by atoms with van der Waals surface area (Å²) in [5.41, 5.74) is -0.616. The molecule has 0 fully saturated rings. The van der Waals surface area contributed by atoms with Crippen molar-refractivity contribution in [2.24, 2.45) is 0 Å². The lowest BCUT2D eigenvalue weighted by molar-refractivity contribution is -0.384. The fraction of sp³-hybridized carbons (Fsp3) is 0.235. The number of nitro benzene ring substituents is 1. The van der Waals surface area contributed by atoms with E-state index in [1.165, 1.54) is 31.2 Å². The monoisotopic (exact) mass is 360 g/mol. The molecule has 0 aliphatic heterocycles. The highest BCUT2D eigenvalue weighted by atomic mass is 16.6. The second kappa shape index (κ2) is 7.70. The largest absolute Gasteiger partial charge is 0.465 e. The number of aliphatic hydroxyl groups excluding tert-OH is 1. The normalized spacial score (nSPS) is 10.3. The fourth-order valence-corrected chi connectivity index (χ4v) is 2.67. The molecule has 0 unspecified atom stereocenters. The minimum absolute atomic E-state index is 0.0125. The molecule has 0 aliphatic rings. The van der Waals surface area contributed by atoms with Crippen molar-refractivity contribution < 1.29 is 29.1 Å². The number of pyridine rings is 1. The number of carbonyl (C=O) groups is 2. The first-order chi connectivity index (χ1) is 12.4. The highest BCUT2D eigenvalue weighted by molar-refractivity contribution is 6.08. The number of nitrogens with zero attached hydrogens (tertiary/aromatic N) is 2. The van der Waals surface area contributed by atoms with Crippen molar-refractivity contribution in [3.8, 4) is 11.1 Å². The summed E-state index contributed by atoms with van der Waals surface area (Å²) in [6.07, 6.45) is 0. The molecule has 0 saturated carbocycles. The highest BCUT2D eigenvalue weighted by Crippen LogP contribution is 2.37. The van der Waals surface area contributed by atoms with Gasteiger partial charge in [0.05, 0.1) is 53.8 Å². The molecule has 1 aromatic heterocycles. The van der Waals surface area contributed by atoms with Crippen molar-refractivity contribution in [3.63, 3.8) is 0 Å². The van der Waals surface area contributed by atoms with Gasteiger partial charge in [0.25, 0.3) is 5.69 Å². The summed E-state index contributed by atoms with van der Waals surface area (Å²) >= 11 is 0. The highest BCUT2D eigenvalue weighted by Gasteiger charge is 2.31. The zero-order chi connectivity index (χ0) is 19.4. The molecule has 0 saturated heterocycles. The number of carbonyl (C=O) groups excluding carboxylic acids is 2. The van der Waals surface area contributed by atoms with Crippen LogP contribution >= 0.6 is 0 Å². The summed E-state index contributed by atoms with van der Waals surface area (Å²) in [7, 11) is 2.26. The van der Waals surface area contributed by atoms with E-state index in [4.69, 9.17) is 9.47 Å². The summed E-state index contributed by atoms with van der Waals surface area (Å²) in [4.78, 5) is 39.6. The van der Waals surface area contributed by atoms with Gasteiger partial charge in [-0.15, -0.1) is 0 Å². The van der Waals surface area contributed by atoms with E-state index < -0.39 is 23.5 Å². The molecular formula is C17H16N2O7. The molecule has 0 spiro atoms. The second-order valence-corrected chi connectivity index (χ2v) is 5.18. The van der Waals surface area contributed by atoms with Gasteiger partial charge in [0, 0.05) is 11.6 Å². The van der Waals surface area contributed by atoms with Crippen LogP contribution < -0.4 is 0 Å². The van der Waals surface area contributed by atoms with Gasteiger partial charge in [-0.25, -0.2) is 9.59 Å². The SMILES string of the molecule is COC(=O)c1c(C)nc(CO)c(C(=O)OC)c1-c1ccccc1[N+](=O)[O-]. The summed E-state index contributed by atoms with van der Waals surface area (Å²) in [5.74, 6) is -1.71.